The summed E-state index contributed by atoms with van der Waals surface area (Å²) >= 11 is 0. The van der Waals surface area contributed by atoms with Gasteiger partial charge in [-0.3, -0.25) is 9.58 Å². The average Bonchev–Trinajstić information content (AvgIpc) is 2.89. The van der Waals surface area contributed by atoms with Gasteiger partial charge in [-0.1, -0.05) is 18.1 Å². The maximum atomic E-state index is 4.21. The molecule has 1 aromatic rings. The van der Waals surface area contributed by atoms with Crippen LogP contribution in [0.1, 0.15) is 37.8 Å². The summed E-state index contributed by atoms with van der Waals surface area (Å²) < 4.78 is 1.79. The second kappa shape index (κ2) is 4.97. The fraction of sp³-hybridized carbons (Fsp3) is 0.846. The van der Waals surface area contributed by atoms with Crippen LogP contribution >= 0.6 is 0 Å². The summed E-state index contributed by atoms with van der Waals surface area (Å²) in [5.74, 6) is 0. The van der Waals surface area contributed by atoms with Crippen LogP contribution in [-0.2, 0) is 13.6 Å². The summed E-state index contributed by atoms with van der Waals surface area (Å²) in [4.78, 5) is 2.55. The highest BCUT2D eigenvalue weighted by Crippen LogP contribution is 2.31. The molecule has 18 heavy (non-hydrogen) atoms. The second-order valence-electron chi connectivity index (χ2n) is 5.86. The van der Waals surface area contributed by atoms with Gasteiger partial charge in [0.1, 0.15) is 0 Å². The van der Waals surface area contributed by atoms with Gasteiger partial charge in [0.25, 0.3) is 0 Å². The molecule has 0 unspecified atom stereocenters. The highest BCUT2D eigenvalue weighted by atomic mass is 15.4. The Morgan fingerprint density at radius 2 is 2.17 bits per heavy atom. The summed E-state index contributed by atoms with van der Waals surface area (Å²) in [6.45, 7) is 4.45. The van der Waals surface area contributed by atoms with E-state index in [1.165, 1.54) is 45.2 Å². The van der Waals surface area contributed by atoms with Crippen LogP contribution in [0.25, 0.3) is 0 Å². The number of hydrogen-bond donors (Lipinski definition) is 1. The minimum absolute atomic E-state index is 0.388. The van der Waals surface area contributed by atoms with Crippen molar-refractivity contribution < 1.29 is 0 Å². The lowest BCUT2D eigenvalue weighted by Crippen LogP contribution is -2.49. The largest absolute Gasteiger partial charge is 0.310 e. The Morgan fingerprint density at radius 3 is 2.89 bits per heavy atom. The van der Waals surface area contributed by atoms with E-state index in [1.54, 1.807) is 4.68 Å². The third-order valence-electron chi connectivity index (χ3n) is 4.27. The van der Waals surface area contributed by atoms with Crippen LogP contribution in [-0.4, -0.2) is 45.1 Å². The molecule has 2 fully saturated rings. The zero-order valence-electron chi connectivity index (χ0n) is 11.2. The van der Waals surface area contributed by atoms with Gasteiger partial charge in [0.2, 0.25) is 0 Å². The molecule has 1 saturated carbocycles. The molecular weight excluding hydrogens is 226 g/mol. The standard InChI is InChI=1S/C13H23N5/c1-17-9-12(15-16-17)10-18-8-4-7-14-13(11-18)5-2-3-6-13/h9,14H,2-8,10-11H2,1H3. The number of hydrogen-bond acceptors (Lipinski definition) is 4. The Kier molecular flexibility index (Phi) is 3.35. The minimum atomic E-state index is 0.388. The molecule has 1 aliphatic carbocycles. The molecular formula is C13H23N5. The number of nitrogens with zero attached hydrogens (tertiary/aromatic N) is 4. The molecule has 3 rings (SSSR count). The van der Waals surface area contributed by atoms with Gasteiger partial charge in [0.05, 0.1) is 5.69 Å². The van der Waals surface area contributed by atoms with Crippen LogP contribution in [0.5, 0.6) is 0 Å². The van der Waals surface area contributed by atoms with E-state index in [-0.39, 0.29) is 0 Å². The van der Waals surface area contributed by atoms with Gasteiger partial charge in [-0.15, -0.1) is 5.10 Å². The molecule has 1 spiro atoms. The number of rotatable bonds is 2. The summed E-state index contributed by atoms with van der Waals surface area (Å²) in [7, 11) is 1.93. The van der Waals surface area contributed by atoms with E-state index < -0.39 is 0 Å². The Hall–Kier alpha value is -0.940. The number of aryl methyl sites for hydroxylation is 1. The van der Waals surface area contributed by atoms with Crippen LogP contribution in [0.2, 0.25) is 0 Å². The fourth-order valence-corrected chi connectivity index (χ4v) is 3.44. The molecule has 1 saturated heterocycles. The van der Waals surface area contributed by atoms with E-state index in [9.17, 15) is 0 Å². The van der Waals surface area contributed by atoms with Crippen LogP contribution in [0, 0.1) is 0 Å². The van der Waals surface area contributed by atoms with Crippen molar-refractivity contribution >= 4 is 0 Å². The molecule has 0 aromatic carbocycles. The normalized spacial score (nSPS) is 24.5. The van der Waals surface area contributed by atoms with Crippen LogP contribution in [0.3, 0.4) is 0 Å². The monoisotopic (exact) mass is 249 g/mol. The van der Waals surface area contributed by atoms with Gasteiger partial charge in [-0.2, -0.15) is 0 Å². The SMILES string of the molecule is Cn1cc(CN2CCCNC3(CCCC3)C2)nn1. The topological polar surface area (TPSA) is 46.0 Å². The maximum absolute atomic E-state index is 4.21. The first-order valence-electron chi connectivity index (χ1n) is 7.08. The highest BCUT2D eigenvalue weighted by molar-refractivity contribution is 4.99. The number of aromatic nitrogens is 3. The first kappa shape index (κ1) is 12.1. The van der Waals surface area contributed by atoms with Crippen LogP contribution < -0.4 is 5.32 Å². The lowest BCUT2D eigenvalue weighted by Gasteiger charge is -2.33. The quantitative estimate of drug-likeness (QED) is 0.847. The molecule has 2 heterocycles. The van der Waals surface area contributed by atoms with E-state index in [1.807, 2.05) is 13.2 Å². The molecule has 0 atom stereocenters. The van der Waals surface area contributed by atoms with Gasteiger partial charge in [0.15, 0.2) is 0 Å². The molecule has 2 aliphatic rings. The van der Waals surface area contributed by atoms with E-state index in [0.717, 1.165) is 18.8 Å². The first-order chi connectivity index (χ1) is 8.76. The predicted molar refractivity (Wildman–Crippen MR) is 70.1 cm³/mol. The van der Waals surface area contributed by atoms with Crippen molar-refractivity contribution in [1.82, 2.24) is 25.2 Å². The van der Waals surface area contributed by atoms with Crippen molar-refractivity contribution in [3.63, 3.8) is 0 Å². The van der Waals surface area contributed by atoms with E-state index in [2.05, 4.69) is 20.5 Å². The zero-order valence-corrected chi connectivity index (χ0v) is 11.2. The van der Waals surface area contributed by atoms with Gasteiger partial charge >= 0.3 is 0 Å². The van der Waals surface area contributed by atoms with Crippen molar-refractivity contribution in [2.75, 3.05) is 19.6 Å². The van der Waals surface area contributed by atoms with Gasteiger partial charge in [-0.05, 0) is 32.4 Å². The minimum Gasteiger partial charge on any atom is -0.310 e. The van der Waals surface area contributed by atoms with Crippen LogP contribution in [0.4, 0.5) is 0 Å². The molecule has 5 nitrogen and oxygen atoms in total. The Balaban J connectivity index is 1.67. The third-order valence-corrected chi connectivity index (χ3v) is 4.27. The fourth-order valence-electron chi connectivity index (χ4n) is 3.44. The summed E-state index contributed by atoms with van der Waals surface area (Å²) in [5, 5.41) is 12.0. The van der Waals surface area contributed by atoms with Gasteiger partial charge in [0, 0.05) is 31.9 Å². The maximum Gasteiger partial charge on any atom is 0.0967 e. The lowest BCUT2D eigenvalue weighted by molar-refractivity contribution is 0.201. The van der Waals surface area contributed by atoms with Gasteiger partial charge in [-0.25, -0.2) is 0 Å². The predicted octanol–water partition coefficient (Wildman–Crippen LogP) is 0.923. The van der Waals surface area contributed by atoms with Crippen molar-refractivity contribution in [3.05, 3.63) is 11.9 Å². The van der Waals surface area contributed by atoms with Crippen LogP contribution in [0.15, 0.2) is 6.20 Å². The van der Waals surface area contributed by atoms with Crippen molar-refractivity contribution in [2.45, 2.75) is 44.2 Å². The summed E-state index contributed by atoms with van der Waals surface area (Å²) in [6.07, 6.45) is 8.70. The molecule has 1 aromatic heterocycles. The van der Waals surface area contributed by atoms with Crippen molar-refractivity contribution in [1.29, 1.82) is 0 Å². The molecule has 0 amide bonds. The summed E-state index contributed by atoms with van der Waals surface area (Å²) in [6, 6.07) is 0. The van der Waals surface area contributed by atoms with Gasteiger partial charge < -0.3 is 5.32 Å². The van der Waals surface area contributed by atoms with Crippen molar-refractivity contribution in [2.24, 2.45) is 7.05 Å². The molecule has 5 heteroatoms. The Labute approximate surface area is 109 Å². The lowest BCUT2D eigenvalue weighted by atomic mass is 9.97. The highest BCUT2D eigenvalue weighted by Gasteiger charge is 2.36. The molecule has 1 N–H and O–H groups in total. The second-order valence-corrected chi connectivity index (χ2v) is 5.86. The molecule has 100 valence electrons. The van der Waals surface area contributed by atoms with E-state index in [4.69, 9.17) is 0 Å². The molecule has 0 radical (unpaired) electrons. The van der Waals surface area contributed by atoms with E-state index in [0.29, 0.717) is 5.54 Å². The average molecular weight is 249 g/mol. The summed E-state index contributed by atoms with van der Waals surface area (Å²) in [5.41, 5.74) is 1.48. The van der Waals surface area contributed by atoms with E-state index >= 15 is 0 Å². The first-order valence-corrected chi connectivity index (χ1v) is 7.08. The third kappa shape index (κ3) is 2.57. The number of nitrogens with one attached hydrogen (secondary N) is 1. The Morgan fingerprint density at radius 1 is 1.33 bits per heavy atom. The Bertz CT molecular complexity index is 394. The smallest absolute Gasteiger partial charge is 0.0967 e. The zero-order chi connectivity index (χ0) is 12.4. The molecule has 0 bridgehead atoms. The van der Waals surface area contributed by atoms with Crippen molar-refractivity contribution in [3.8, 4) is 0 Å². The molecule has 1 aliphatic heterocycles.